The summed E-state index contributed by atoms with van der Waals surface area (Å²) < 4.78 is 10.7. The average molecular weight is 344 g/mol. The minimum atomic E-state index is 0.249. The van der Waals surface area contributed by atoms with Gasteiger partial charge in [-0.3, -0.25) is 0 Å². The molecule has 6 heteroatoms. The first-order valence-electron chi connectivity index (χ1n) is 7.74. The number of anilines is 1. The van der Waals surface area contributed by atoms with Crippen LogP contribution in [0.3, 0.4) is 0 Å². The number of aryl methyl sites for hydroxylation is 1. The molecule has 124 valence electrons. The zero-order valence-electron chi connectivity index (χ0n) is 13.6. The lowest BCUT2D eigenvalue weighted by molar-refractivity contribution is 0.355. The maximum Gasteiger partial charge on any atom is 0.162 e. The van der Waals surface area contributed by atoms with Crippen molar-refractivity contribution in [3.8, 4) is 28.7 Å². The standard InChI is InChI=1S/C18H18ClN3O2/c1-23-15-7-11(13(19)8-16(15)24-2)17-10-5-3-4-6-14(10)22-18(21)12(17)9-20/h7-8H,3-6H2,1-2H3,(H2,21,22). The molecule has 0 bridgehead atoms. The Bertz CT molecular complexity index is 843. The molecule has 0 fully saturated rings. The topological polar surface area (TPSA) is 81.2 Å². The van der Waals surface area contributed by atoms with E-state index in [0.29, 0.717) is 22.1 Å². The first kappa shape index (κ1) is 16.4. The van der Waals surface area contributed by atoms with Gasteiger partial charge in [-0.15, -0.1) is 0 Å². The second kappa shape index (κ2) is 6.58. The van der Waals surface area contributed by atoms with Crippen LogP contribution in [0.25, 0.3) is 11.1 Å². The predicted octanol–water partition coefficient (Wildman–Crippen LogP) is 3.75. The molecule has 2 N–H and O–H groups in total. The molecule has 1 aliphatic carbocycles. The maximum absolute atomic E-state index is 9.61. The summed E-state index contributed by atoms with van der Waals surface area (Å²) in [4.78, 5) is 4.43. The monoisotopic (exact) mass is 343 g/mol. The molecular formula is C18H18ClN3O2. The van der Waals surface area contributed by atoms with Crippen molar-refractivity contribution in [3.63, 3.8) is 0 Å². The molecule has 0 unspecified atom stereocenters. The van der Waals surface area contributed by atoms with Crippen molar-refractivity contribution in [2.45, 2.75) is 25.7 Å². The third-order valence-corrected chi connectivity index (χ3v) is 4.67. The summed E-state index contributed by atoms with van der Waals surface area (Å²) in [6.07, 6.45) is 3.85. The summed E-state index contributed by atoms with van der Waals surface area (Å²) in [5, 5.41) is 10.1. The number of halogens is 1. The van der Waals surface area contributed by atoms with Gasteiger partial charge in [-0.05, 0) is 37.3 Å². The minimum absolute atomic E-state index is 0.249. The molecule has 0 saturated carbocycles. The molecule has 1 aromatic heterocycles. The van der Waals surface area contributed by atoms with Gasteiger partial charge in [0.05, 0.1) is 19.2 Å². The fourth-order valence-corrected chi connectivity index (χ4v) is 3.47. The highest BCUT2D eigenvalue weighted by Crippen LogP contribution is 2.43. The maximum atomic E-state index is 9.61. The van der Waals surface area contributed by atoms with Crippen LogP contribution in [0, 0.1) is 11.3 Å². The van der Waals surface area contributed by atoms with Gasteiger partial charge in [0.25, 0.3) is 0 Å². The first-order chi connectivity index (χ1) is 11.6. The third-order valence-electron chi connectivity index (χ3n) is 4.36. The number of nitrogens with two attached hydrogens (primary N) is 1. The Labute approximate surface area is 146 Å². The lowest BCUT2D eigenvalue weighted by Crippen LogP contribution is -2.12. The predicted molar refractivity (Wildman–Crippen MR) is 93.6 cm³/mol. The fourth-order valence-electron chi connectivity index (χ4n) is 3.22. The van der Waals surface area contributed by atoms with Gasteiger partial charge in [-0.25, -0.2) is 4.98 Å². The number of nitriles is 1. The second-order valence-corrected chi connectivity index (χ2v) is 6.09. The number of rotatable bonds is 3. The molecule has 0 aliphatic heterocycles. The van der Waals surface area contributed by atoms with Crippen LogP contribution < -0.4 is 15.2 Å². The van der Waals surface area contributed by atoms with Crippen molar-refractivity contribution in [1.82, 2.24) is 4.98 Å². The van der Waals surface area contributed by atoms with E-state index < -0.39 is 0 Å². The number of pyridine rings is 1. The number of hydrogen-bond donors (Lipinski definition) is 1. The van der Waals surface area contributed by atoms with Crippen LogP contribution in [-0.2, 0) is 12.8 Å². The lowest BCUT2D eigenvalue weighted by atomic mass is 9.86. The molecule has 3 rings (SSSR count). The lowest BCUT2D eigenvalue weighted by Gasteiger charge is -2.22. The highest BCUT2D eigenvalue weighted by atomic mass is 35.5. The molecule has 0 radical (unpaired) electrons. The molecule has 5 nitrogen and oxygen atoms in total. The summed E-state index contributed by atoms with van der Waals surface area (Å²) in [5.74, 6) is 1.35. The Kier molecular flexibility index (Phi) is 4.50. The summed E-state index contributed by atoms with van der Waals surface area (Å²) in [5.41, 5.74) is 9.91. The normalized spacial score (nSPS) is 13.1. The van der Waals surface area contributed by atoms with E-state index in [2.05, 4.69) is 11.1 Å². The quantitative estimate of drug-likeness (QED) is 0.917. The highest BCUT2D eigenvalue weighted by molar-refractivity contribution is 6.33. The van der Waals surface area contributed by atoms with E-state index in [-0.39, 0.29) is 5.82 Å². The SMILES string of the molecule is COc1cc(Cl)c(-c2c(C#N)c(N)nc3c2CCCC3)cc1OC. The molecule has 2 aromatic rings. The van der Waals surface area contributed by atoms with E-state index in [4.69, 9.17) is 26.8 Å². The van der Waals surface area contributed by atoms with Crippen molar-refractivity contribution < 1.29 is 9.47 Å². The summed E-state index contributed by atoms with van der Waals surface area (Å²) in [7, 11) is 3.12. The average Bonchev–Trinajstić information content (AvgIpc) is 2.60. The van der Waals surface area contributed by atoms with Gasteiger partial charge in [0.1, 0.15) is 17.5 Å². The number of methoxy groups -OCH3 is 2. The highest BCUT2D eigenvalue weighted by Gasteiger charge is 2.24. The van der Waals surface area contributed by atoms with Crippen molar-refractivity contribution in [2.24, 2.45) is 0 Å². The van der Waals surface area contributed by atoms with Crippen molar-refractivity contribution in [1.29, 1.82) is 5.26 Å². The van der Waals surface area contributed by atoms with Crippen molar-refractivity contribution >= 4 is 17.4 Å². The molecule has 24 heavy (non-hydrogen) atoms. The zero-order chi connectivity index (χ0) is 17.3. The Morgan fingerprint density at radius 2 is 1.83 bits per heavy atom. The first-order valence-corrected chi connectivity index (χ1v) is 8.11. The number of benzene rings is 1. The van der Waals surface area contributed by atoms with Crippen molar-refractivity contribution in [3.05, 3.63) is 34.0 Å². The summed E-state index contributed by atoms with van der Waals surface area (Å²) in [6, 6.07) is 5.68. The smallest absolute Gasteiger partial charge is 0.162 e. The van der Waals surface area contributed by atoms with Crippen LogP contribution >= 0.6 is 11.6 Å². The van der Waals surface area contributed by atoms with E-state index in [0.717, 1.165) is 48.1 Å². The minimum Gasteiger partial charge on any atom is -0.493 e. The van der Waals surface area contributed by atoms with Crippen LogP contribution in [0.5, 0.6) is 11.5 Å². The molecule has 1 aromatic carbocycles. The van der Waals surface area contributed by atoms with Gasteiger partial charge in [0.2, 0.25) is 0 Å². The van der Waals surface area contributed by atoms with Crippen molar-refractivity contribution in [2.75, 3.05) is 20.0 Å². The number of ether oxygens (including phenoxy) is 2. The summed E-state index contributed by atoms with van der Waals surface area (Å²) in [6.45, 7) is 0. The van der Waals surface area contributed by atoms with Gasteiger partial charge in [-0.1, -0.05) is 11.6 Å². The number of fused-ring (bicyclic) bond motifs is 1. The van der Waals surface area contributed by atoms with E-state index in [1.807, 2.05) is 0 Å². The van der Waals surface area contributed by atoms with Gasteiger partial charge in [0, 0.05) is 22.9 Å². The zero-order valence-corrected chi connectivity index (χ0v) is 14.4. The molecule has 0 amide bonds. The molecule has 0 saturated heterocycles. The Morgan fingerprint density at radius 1 is 1.17 bits per heavy atom. The Hall–Kier alpha value is -2.45. The van der Waals surface area contributed by atoms with E-state index >= 15 is 0 Å². The van der Waals surface area contributed by atoms with Crippen LogP contribution in [0.1, 0.15) is 29.7 Å². The fraction of sp³-hybridized carbons (Fsp3) is 0.333. The molecule has 1 heterocycles. The van der Waals surface area contributed by atoms with E-state index in [9.17, 15) is 5.26 Å². The van der Waals surface area contributed by atoms with E-state index in [1.54, 1.807) is 26.4 Å². The molecular weight excluding hydrogens is 326 g/mol. The van der Waals surface area contributed by atoms with Crippen LogP contribution in [-0.4, -0.2) is 19.2 Å². The molecule has 0 atom stereocenters. The third kappa shape index (κ3) is 2.63. The number of aromatic nitrogens is 1. The van der Waals surface area contributed by atoms with Gasteiger partial charge >= 0.3 is 0 Å². The van der Waals surface area contributed by atoms with Crippen LogP contribution in [0.2, 0.25) is 5.02 Å². The largest absolute Gasteiger partial charge is 0.493 e. The van der Waals surface area contributed by atoms with Gasteiger partial charge < -0.3 is 15.2 Å². The summed E-state index contributed by atoms with van der Waals surface area (Å²) >= 11 is 6.49. The van der Waals surface area contributed by atoms with E-state index in [1.165, 1.54) is 0 Å². The second-order valence-electron chi connectivity index (χ2n) is 5.68. The molecule has 1 aliphatic rings. The number of nitrogen functional groups attached to an aromatic ring is 1. The van der Waals surface area contributed by atoms with Gasteiger partial charge in [-0.2, -0.15) is 5.26 Å². The Morgan fingerprint density at radius 3 is 2.50 bits per heavy atom. The number of hydrogen-bond acceptors (Lipinski definition) is 5. The molecule has 0 spiro atoms. The van der Waals surface area contributed by atoms with Crippen LogP contribution in [0.15, 0.2) is 12.1 Å². The van der Waals surface area contributed by atoms with Gasteiger partial charge in [0.15, 0.2) is 11.5 Å². The van der Waals surface area contributed by atoms with Crippen LogP contribution in [0.4, 0.5) is 5.82 Å². The number of nitrogens with zero attached hydrogens (tertiary/aromatic N) is 2. The Balaban J connectivity index is 2.34.